The number of amides is 1. The fourth-order valence-electron chi connectivity index (χ4n) is 2.07. The van der Waals surface area contributed by atoms with Crippen LogP contribution in [0.5, 0.6) is 0 Å². The van der Waals surface area contributed by atoms with E-state index >= 15 is 0 Å². The zero-order valence-electron chi connectivity index (χ0n) is 11.4. The first-order valence-electron chi connectivity index (χ1n) is 6.44. The van der Waals surface area contributed by atoms with Crippen molar-refractivity contribution in [2.45, 2.75) is 0 Å². The number of thioether (sulfide) groups is 1. The minimum absolute atomic E-state index is 0.163. The van der Waals surface area contributed by atoms with Gasteiger partial charge in [0.15, 0.2) is 4.32 Å². The van der Waals surface area contributed by atoms with E-state index in [0.717, 1.165) is 15.7 Å². The Bertz CT molecular complexity index is 854. The Hall–Kier alpha value is -0.850. The van der Waals surface area contributed by atoms with Crippen LogP contribution >= 0.6 is 63.1 Å². The quantitative estimate of drug-likeness (QED) is 0.408. The van der Waals surface area contributed by atoms with Gasteiger partial charge in [0.05, 0.1) is 10.6 Å². The fraction of sp³-hybridized carbons (Fsp3) is 0. The Morgan fingerprint density at radius 2 is 1.96 bits per heavy atom. The maximum atomic E-state index is 12.7. The van der Waals surface area contributed by atoms with Gasteiger partial charge in [0.2, 0.25) is 0 Å². The monoisotopic (exact) mass is 443 g/mol. The Morgan fingerprint density at radius 1 is 1.17 bits per heavy atom. The third-order valence-corrected chi connectivity index (χ3v) is 5.47. The zero-order chi connectivity index (χ0) is 16.6. The molecule has 0 atom stereocenters. The van der Waals surface area contributed by atoms with Crippen molar-refractivity contribution in [1.29, 1.82) is 0 Å². The van der Waals surface area contributed by atoms with Crippen molar-refractivity contribution in [3.8, 4) is 0 Å². The molecule has 7 heteroatoms. The van der Waals surface area contributed by atoms with Gasteiger partial charge in [-0.3, -0.25) is 9.69 Å². The van der Waals surface area contributed by atoms with Gasteiger partial charge < -0.3 is 0 Å². The van der Waals surface area contributed by atoms with Crippen molar-refractivity contribution >= 4 is 85.1 Å². The summed E-state index contributed by atoms with van der Waals surface area (Å²) in [4.78, 5) is 14.7. The molecule has 2 aromatic rings. The number of nitrogens with zero attached hydrogens (tertiary/aromatic N) is 1. The molecule has 0 saturated carbocycles. The van der Waals surface area contributed by atoms with Gasteiger partial charge in [-0.15, -0.1) is 0 Å². The average Bonchev–Trinajstić information content (AvgIpc) is 2.76. The number of carbonyl (C=O) groups excluding carboxylic acids is 1. The second kappa shape index (κ2) is 6.95. The van der Waals surface area contributed by atoms with Crippen LogP contribution in [0.4, 0.5) is 5.69 Å². The van der Waals surface area contributed by atoms with Crippen molar-refractivity contribution < 1.29 is 4.79 Å². The van der Waals surface area contributed by atoms with E-state index in [9.17, 15) is 4.79 Å². The highest BCUT2D eigenvalue weighted by molar-refractivity contribution is 9.10. The van der Waals surface area contributed by atoms with E-state index in [4.69, 9.17) is 35.4 Å². The fourth-order valence-corrected chi connectivity index (χ4v) is 4.21. The second-order valence-corrected chi connectivity index (χ2v) is 8.10. The standard InChI is InChI=1S/C16H8BrCl2NOS2/c17-10-2-1-3-12(7-10)20-15(21)14(23-16(20)22)6-9-4-5-11(18)8-13(9)19/h1-8H/b14-6-. The third-order valence-electron chi connectivity index (χ3n) is 3.11. The van der Waals surface area contributed by atoms with E-state index < -0.39 is 0 Å². The van der Waals surface area contributed by atoms with Crippen molar-refractivity contribution in [3.05, 3.63) is 67.5 Å². The summed E-state index contributed by atoms with van der Waals surface area (Å²) in [6, 6.07) is 12.6. The van der Waals surface area contributed by atoms with Crippen molar-refractivity contribution in [2.24, 2.45) is 0 Å². The molecule has 1 amide bonds. The average molecular weight is 445 g/mol. The number of rotatable bonds is 2. The molecule has 0 radical (unpaired) electrons. The summed E-state index contributed by atoms with van der Waals surface area (Å²) >= 11 is 22.1. The van der Waals surface area contributed by atoms with Gasteiger partial charge in [-0.05, 0) is 42.0 Å². The number of thiocarbonyl (C=S) groups is 1. The SMILES string of the molecule is O=C1/C(=C/c2ccc(Cl)cc2Cl)SC(=S)N1c1cccc(Br)c1. The molecule has 1 heterocycles. The molecule has 116 valence electrons. The van der Waals surface area contributed by atoms with Crippen LogP contribution in [-0.2, 0) is 4.79 Å². The number of hydrogen-bond donors (Lipinski definition) is 0. The van der Waals surface area contributed by atoms with E-state index in [-0.39, 0.29) is 5.91 Å². The number of halogens is 3. The first-order chi connectivity index (χ1) is 11.0. The van der Waals surface area contributed by atoms with Crippen LogP contribution in [0, 0.1) is 0 Å². The topological polar surface area (TPSA) is 20.3 Å². The summed E-state index contributed by atoms with van der Waals surface area (Å²) in [6.07, 6.45) is 1.73. The van der Waals surface area contributed by atoms with Crippen LogP contribution in [0.3, 0.4) is 0 Å². The van der Waals surface area contributed by atoms with Crippen LogP contribution in [0.2, 0.25) is 10.0 Å². The van der Waals surface area contributed by atoms with E-state index in [1.54, 1.807) is 24.3 Å². The zero-order valence-corrected chi connectivity index (χ0v) is 16.2. The second-order valence-electron chi connectivity index (χ2n) is 4.66. The molecular formula is C16H8BrCl2NOS2. The number of benzene rings is 2. The van der Waals surface area contributed by atoms with Crippen molar-refractivity contribution in [1.82, 2.24) is 0 Å². The van der Waals surface area contributed by atoms with E-state index in [0.29, 0.717) is 19.3 Å². The first kappa shape index (κ1) is 17.0. The lowest BCUT2D eigenvalue weighted by molar-refractivity contribution is -0.113. The lowest BCUT2D eigenvalue weighted by atomic mass is 10.2. The smallest absolute Gasteiger partial charge is 0.268 e. The molecule has 23 heavy (non-hydrogen) atoms. The predicted molar refractivity (Wildman–Crippen MR) is 106 cm³/mol. The Labute approximate surface area is 161 Å². The highest BCUT2D eigenvalue weighted by atomic mass is 79.9. The van der Waals surface area contributed by atoms with Gasteiger partial charge in [-0.25, -0.2) is 0 Å². The molecule has 1 aliphatic heterocycles. The minimum Gasteiger partial charge on any atom is -0.268 e. The molecule has 1 saturated heterocycles. The van der Waals surface area contributed by atoms with Crippen LogP contribution in [0.15, 0.2) is 51.8 Å². The van der Waals surface area contributed by atoms with Crippen LogP contribution in [0.1, 0.15) is 5.56 Å². The highest BCUT2D eigenvalue weighted by Crippen LogP contribution is 2.37. The number of anilines is 1. The Balaban J connectivity index is 1.96. The maximum Gasteiger partial charge on any atom is 0.270 e. The number of hydrogen-bond acceptors (Lipinski definition) is 3. The summed E-state index contributed by atoms with van der Waals surface area (Å²) in [5, 5.41) is 1.04. The normalized spacial score (nSPS) is 16.5. The predicted octanol–water partition coefficient (Wildman–Crippen LogP) is 6.16. The third kappa shape index (κ3) is 3.64. The molecule has 2 nitrogen and oxygen atoms in total. The Morgan fingerprint density at radius 3 is 2.65 bits per heavy atom. The van der Waals surface area contributed by atoms with Gasteiger partial charge in [0.1, 0.15) is 0 Å². The van der Waals surface area contributed by atoms with Gasteiger partial charge in [-0.1, -0.05) is 75.2 Å². The van der Waals surface area contributed by atoms with Crippen LogP contribution in [-0.4, -0.2) is 10.2 Å². The molecule has 0 aliphatic carbocycles. The molecular weight excluding hydrogens is 437 g/mol. The van der Waals surface area contributed by atoms with Crippen molar-refractivity contribution in [3.63, 3.8) is 0 Å². The number of carbonyl (C=O) groups is 1. The van der Waals surface area contributed by atoms with Gasteiger partial charge in [-0.2, -0.15) is 0 Å². The Kier molecular flexibility index (Phi) is 5.13. The molecule has 0 aromatic heterocycles. The molecule has 1 aliphatic rings. The van der Waals surface area contributed by atoms with E-state index in [1.165, 1.54) is 16.7 Å². The van der Waals surface area contributed by atoms with Gasteiger partial charge >= 0.3 is 0 Å². The first-order valence-corrected chi connectivity index (χ1v) is 9.21. The van der Waals surface area contributed by atoms with Crippen molar-refractivity contribution in [2.75, 3.05) is 4.90 Å². The minimum atomic E-state index is -0.163. The summed E-state index contributed by atoms with van der Waals surface area (Å²) in [7, 11) is 0. The molecule has 0 spiro atoms. The lowest BCUT2D eigenvalue weighted by Crippen LogP contribution is -2.27. The summed E-state index contributed by atoms with van der Waals surface area (Å²) < 4.78 is 1.37. The molecule has 0 N–H and O–H groups in total. The summed E-state index contributed by atoms with van der Waals surface area (Å²) in [5.41, 5.74) is 1.46. The molecule has 2 aromatic carbocycles. The molecule has 3 rings (SSSR count). The molecule has 0 unspecified atom stereocenters. The summed E-state index contributed by atoms with van der Waals surface area (Å²) in [6.45, 7) is 0. The van der Waals surface area contributed by atoms with E-state index in [2.05, 4.69) is 15.9 Å². The largest absolute Gasteiger partial charge is 0.270 e. The van der Waals surface area contributed by atoms with E-state index in [1.807, 2.05) is 24.3 Å². The van der Waals surface area contributed by atoms with Gasteiger partial charge in [0, 0.05) is 14.5 Å². The van der Waals surface area contributed by atoms with Crippen LogP contribution in [0.25, 0.3) is 6.08 Å². The highest BCUT2D eigenvalue weighted by Gasteiger charge is 2.33. The van der Waals surface area contributed by atoms with Gasteiger partial charge in [0.25, 0.3) is 5.91 Å². The lowest BCUT2D eigenvalue weighted by Gasteiger charge is -2.14. The molecule has 1 fully saturated rings. The van der Waals surface area contributed by atoms with Crippen LogP contribution < -0.4 is 4.90 Å². The molecule has 0 bridgehead atoms. The summed E-state index contributed by atoms with van der Waals surface area (Å²) in [5.74, 6) is -0.163. The maximum absolute atomic E-state index is 12.7.